The van der Waals surface area contributed by atoms with E-state index in [9.17, 15) is 0 Å². The maximum Gasteiger partial charge on any atom is 0.0740 e. The largest absolute Gasteiger partial charge is 0.257 e. The number of hydrogen-bond acceptors (Lipinski definition) is 2. The molecule has 0 atom stereocenters. The van der Waals surface area contributed by atoms with Crippen LogP contribution in [0.4, 0.5) is 0 Å². The molecule has 0 spiro atoms. The fourth-order valence-electron chi connectivity index (χ4n) is 4.96. The number of rotatable bonds is 4. The minimum atomic E-state index is 0.466. The van der Waals surface area contributed by atoms with Gasteiger partial charge in [-0.3, -0.25) is 9.97 Å². The number of aromatic nitrogens is 2. The van der Waals surface area contributed by atoms with Gasteiger partial charge in [0.15, 0.2) is 0 Å². The van der Waals surface area contributed by atoms with Crippen molar-refractivity contribution in [1.82, 2.24) is 9.97 Å². The quantitative estimate of drug-likeness (QED) is 0.353. The summed E-state index contributed by atoms with van der Waals surface area (Å²) in [5.41, 5.74) is 10.1. The Hall–Kier alpha value is -3.00. The van der Waals surface area contributed by atoms with Crippen LogP contribution in [0.15, 0.2) is 60.8 Å². The van der Waals surface area contributed by atoms with Crippen LogP contribution in [0, 0.1) is 5.92 Å². The number of aryl methyl sites for hydroxylation is 1. The Kier molecular flexibility index (Phi) is 5.09. The average Bonchev–Trinajstić information content (AvgIpc) is 2.77. The second-order valence-electron chi connectivity index (χ2n) is 9.52. The van der Waals surface area contributed by atoms with Crippen LogP contribution in [0.5, 0.6) is 0 Å². The standard InChI is InChI=1S/C29H30N2/c1-18(2)15-22-9-10-25-24-13-14-30-29(26(24)11-12-28(25)31-22)21-16-20-7-5-6-8-23(20)27(17-21)19(3)4/h5-10,13-14,16-19H,11-12,15H2,1-4H3. The first-order chi connectivity index (χ1) is 15.0. The molecule has 2 aromatic heterocycles. The summed E-state index contributed by atoms with van der Waals surface area (Å²) in [6, 6.07) is 20.0. The van der Waals surface area contributed by atoms with Crippen molar-refractivity contribution in [3.63, 3.8) is 0 Å². The molecule has 0 N–H and O–H groups in total. The summed E-state index contributed by atoms with van der Waals surface area (Å²) in [5.74, 6) is 1.09. The Balaban J connectivity index is 1.65. The van der Waals surface area contributed by atoms with E-state index < -0.39 is 0 Å². The number of pyridine rings is 2. The van der Waals surface area contributed by atoms with Crippen LogP contribution in [0.25, 0.3) is 33.2 Å². The zero-order valence-corrected chi connectivity index (χ0v) is 18.9. The van der Waals surface area contributed by atoms with Crippen molar-refractivity contribution in [3.05, 3.63) is 83.3 Å². The first-order valence-corrected chi connectivity index (χ1v) is 11.5. The fraction of sp³-hybridized carbons (Fsp3) is 0.310. The Bertz CT molecular complexity index is 1270. The van der Waals surface area contributed by atoms with Gasteiger partial charge in [-0.2, -0.15) is 0 Å². The van der Waals surface area contributed by atoms with Crippen molar-refractivity contribution >= 4 is 10.8 Å². The predicted octanol–water partition coefficient (Wildman–Crippen LogP) is 7.38. The third-order valence-electron chi connectivity index (χ3n) is 6.40. The highest BCUT2D eigenvalue weighted by molar-refractivity contribution is 5.91. The molecule has 2 heteroatoms. The normalized spacial score (nSPS) is 13.0. The molecular weight excluding hydrogens is 376 g/mol. The van der Waals surface area contributed by atoms with Gasteiger partial charge in [-0.05, 0) is 82.8 Å². The molecule has 2 heterocycles. The second-order valence-corrected chi connectivity index (χ2v) is 9.52. The van der Waals surface area contributed by atoms with Gasteiger partial charge < -0.3 is 0 Å². The Morgan fingerprint density at radius 1 is 0.871 bits per heavy atom. The van der Waals surface area contributed by atoms with Gasteiger partial charge in [-0.1, -0.05) is 58.0 Å². The molecule has 0 aliphatic heterocycles. The van der Waals surface area contributed by atoms with E-state index >= 15 is 0 Å². The Morgan fingerprint density at radius 2 is 1.71 bits per heavy atom. The Labute approximate surface area is 185 Å². The van der Waals surface area contributed by atoms with Gasteiger partial charge in [-0.25, -0.2) is 0 Å². The van der Waals surface area contributed by atoms with Crippen molar-refractivity contribution < 1.29 is 0 Å². The molecule has 0 fully saturated rings. The van der Waals surface area contributed by atoms with E-state index in [1.807, 2.05) is 6.20 Å². The van der Waals surface area contributed by atoms with E-state index in [2.05, 4.69) is 82.3 Å². The van der Waals surface area contributed by atoms with E-state index in [4.69, 9.17) is 9.97 Å². The van der Waals surface area contributed by atoms with Crippen LogP contribution in [0.2, 0.25) is 0 Å². The smallest absolute Gasteiger partial charge is 0.0740 e. The van der Waals surface area contributed by atoms with Crippen molar-refractivity contribution in [2.45, 2.75) is 52.9 Å². The lowest BCUT2D eigenvalue weighted by Crippen LogP contribution is -2.10. The van der Waals surface area contributed by atoms with Gasteiger partial charge in [0.1, 0.15) is 0 Å². The topological polar surface area (TPSA) is 25.8 Å². The average molecular weight is 407 g/mol. The predicted molar refractivity (Wildman–Crippen MR) is 130 cm³/mol. The molecule has 0 saturated carbocycles. The number of fused-ring (bicyclic) bond motifs is 4. The van der Waals surface area contributed by atoms with Gasteiger partial charge in [-0.15, -0.1) is 0 Å². The molecular formula is C29H30N2. The number of nitrogens with zero attached hydrogens (tertiary/aromatic N) is 2. The SMILES string of the molecule is CC(C)Cc1ccc2c(n1)CCc1c-2ccnc1-c1cc(C(C)C)c2ccccc2c1. The number of benzene rings is 2. The molecule has 0 amide bonds. The molecule has 1 aliphatic rings. The van der Waals surface area contributed by atoms with E-state index in [1.54, 1.807) is 0 Å². The van der Waals surface area contributed by atoms with Crippen LogP contribution in [0.1, 0.15) is 56.1 Å². The molecule has 31 heavy (non-hydrogen) atoms. The van der Waals surface area contributed by atoms with E-state index in [1.165, 1.54) is 50.0 Å². The van der Waals surface area contributed by atoms with Gasteiger partial charge in [0, 0.05) is 28.7 Å². The summed E-state index contributed by atoms with van der Waals surface area (Å²) < 4.78 is 0. The van der Waals surface area contributed by atoms with Crippen molar-refractivity contribution in [1.29, 1.82) is 0 Å². The molecule has 5 rings (SSSR count). The summed E-state index contributed by atoms with van der Waals surface area (Å²) in [7, 11) is 0. The molecule has 156 valence electrons. The summed E-state index contributed by atoms with van der Waals surface area (Å²) in [4.78, 5) is 9.89. The second kappa shape index (κ2) is 7.92. The third-order valence-corrected chi connectivity index (χ3v) is 6.40. The molecule has 0 unspecified atom stereocenters. The third kappa shape index (κ3) is 3.65. The first-order valence-electron chi connectivity index (χ1n) is 11.5. The molecule has 1 aliphatic carbocycles. The molecule has 0 saturated heterocycles. The van der Waals surface area contributed by atoms with Crippen LogP contribution in [0.3, 0.4) is 0 Å². The van der Waals surface area contributed by atoms with Crippen molar-refractivity contribution in [2.75, 3.05) is 0 Å². The molecule has 0 radical (unpaired) electrons. The summed E-state index contributed by atoms with van der Waals surface area (Å²) in [5, 5.41) is 2.64. The lowest BCUT2D eigenvalue weighted by atomic mass is 9.85. The summed E-state index contributed by atoms with van der Waals surface area (Å²) in [6.07, 6.45) is 4.98. The van der Waals surface area contributed by atoms with E-state index in [0.29, 0.717) is 11.8 Å². The lowest BCUT2D eigenvalue weighted by molar-refractivity contribution is 0.632. The number of hydrogen-bond donors (Lipinski definition) is 0. The zero-order valence-electron chi connectivity index (χ0n) is 18.9. The fourth-order valence-corrected chi connectivity index (χ4v) is 4.96. The highest BCUT2D eigenvalue weighted by Crippen LogP contribution is 2.39. The highest BCUT2D eigenvalue weighted by atomic mass is 14.7. The van der Waals surface area contributed by atoms with Crippen molar-refractivity contribution in [2.24, 2.45) is 5.92 Å². The minimum Gasteiger partial charge on any atom is -0.257 e. The Morgan fingerprint density at radius 3 is 2.52 bits per heavy atom. The zero-order chi connectivity index (χ0) is 21.5. The molecule has 2 aromatic carbocycles. The molecule has 4 aromatic rings. The molecule has 0 bridgehead atoms. The van der Waals surface area contributed by atoms with Gasteiger partial charge in [0.05, 0.1) is 5.69 Å². The minimum absolute atomic E-state index is 0.466. The maximum atomic E-state index is 5.01. The van der Waals surface area contributed by atoms with Gasteiger partial charge in [0.25, 0.3) is 0 Å². The first kappa shape index (κ1) is 19.9. The van der Waals surface area contributed by atoms with Crippen LogP contribution in [-0.2, 0) is 19.3 Å². The van der Waals surface area contributed by atoms with Gasteiger partial charge in [0.2, 0.25) is 0 Å². The highest BCUT2D eigenvalue weighted by Gasteiger charge is 2.22. The van der Waals surface area contributed by atoms with Crippen LogP contribution >= 0.6 is 0 Å². The van der Waals surface area contributed by atoms with Crippen LogP contribution < -0.4 is 0 Å². The van der Waals surface area contributed by atoms with Crippen molar-refractivity contribution in [3.8, 4) is 22.4 Å². The van der Waals surface area contributed by atoms with Gasteiger partial charge >= 0.3 is 0 Å². The van der Waals surface area contributed by atoms with E-state index in [0.717, 1.165) is 25.0 Å². The lowest BCUT2D eigenvalue weighted by Gasteiger charge is -2.23. The molecule has 2 nitrogen and oxygen atoms in total. The monoisotopic (exact) mass is 406 g/mol. The summed E-state index contributed by atoms with van der Waals surface area (Å²) >= 11 is 0. The summed E-state index contributed by atoms with van der Waals surface area (Å²) in [6.45, 7) is 9.05. The maximum absolute atomic E-state index is 5.01. The van der Waals surface area contributed by atoms with Crippen LogP contribution in [-0.4, -0.2) is 9.97 Å². The van der Waals surface area contributed by atoms with E-state index in [-0.39, 0.29) is 0 Å².